The molecule has 0 heterocycles. The minimum absolute atomic E-state index is 0.0743. The number of carbonyl (C=O) groups excluding carboxylic acids is 1. The first kappa shape index (κ1) is 44.0. The topological polar surface area (TPSA) is 26.3 Å². The van der Waals surface area contributed by atoms with Crippen LogP contribution in [0.2, 0.25) is 0 Å². The highest BCUT2D eigenvalue weighted by Gasteiger charge is 2.95. The Morgan fingerprint density at radius 1 is 0.533 bits per heavy atom. The van der Waals surface area contributed by atoms with Crippen molar-refractivity contribution in [1.29, 1.82) is 0 Å². The molecule has 0 N–H and O–H groups in total. The fraction of sp³-hybridized carbons (Fsp3) is 0.958. The summed E-state index contributed by atoms with van der Waals surface area (Å²) in [6.45, 7) is 3.10. The van der Waals surface area contributed by atoms with Gasteiger partial charge in [0.25, 0.3) is 0 Å². The lowest BCUT2D eigenvalue weighted by atomic mass is 9.88. The van der Waals surface area contributed by atoms with Gasteiger partial charge < -0.3 is 4.74 Å². The highest BCUT2D eigenvalue weighted by molar-refractivity contribution is 8.18. The summed E-state index contributed by atoms with van der Waals surface area (Å²) in [5.41, 5.74) is 0. The van der Waals surface area contributed by atoms with Crippen molar-refractivity contribution in [2.24, 2.45) is 0 Å². The first-order valence-electron chi connectivity index (χ1n) is 13.3. The Balaban J connectivity index is 5.74. The van der Waals surface area contributed by atoms with Crippen LogP contribution in [0.1, 0.15) is 71.6 Å². The molecule has 21 heteroatoms. The molecule has 45 heavy (non-hydrogen) atoms. The predicted octanol–water partition coefficient (Wildman–Crippen LogP) is 10.9. The average molecular weight is 739 g/mol. The van der Waals surface area contributed by atoms with E-state index in [1.807, 2.05) is 6.92 Å². The summed E-state index contributed by atoms with van der Waals surface area (Å²) in [7, 11) is 0. The molecular weight excluding hydrogens is 707 g/mol. The number of ether oxygens (including phenoxy) is 1. The van der Waals surface area contributed by atoms with E-state index in [9.17, 15) is 79.4 Å². The van der Waals surface area contributed by atoms with Gasteiger partial charge in [0.15, 0.2) is 0 Å². The van der Waals surface area contributed by atoms with Crippen molar-refractivity contribution in [1.82, 2.24) is 0 Å². The number of rotatable bonds is 22. The molecule has 0 saturated heterocycles. The number of halogens is 17. The molecule has 0 aliphatic carbocycles. The van der Waals surface area contributed by atoms with E-state index in [0.717, 1.165) is 50.3 Å². The van der Waals surface area contributed by atoms with Crippen LogP contribution in [0.3, 0.4) is 0 Å². The van der Waals surface area contributed by atoms with Gasteiger partial charge in [-0.2, -0.15) is 74.6 Å². The second-order valence-electron chi connectivity index (χ2n) is 9.70. The summed E-state index contributed by atoms with van der Waals surface area (Å²) in [4.78, 5) is 12.1. The maximum atomic E-state index is 14.2. The standard InChI is InChI=1S/C24H31F17O2S2/c1-3-5-6-7-8-9-10-11-13-44-16(15(42)43-4-2)45-14-12-17(25,26)18(27,28)19(29,30)20(31,32)21(33,34)22(35,36)23(37,38)24(39,40)41/h16H,3-14H2,1-2H3. The minimum Gasteiger partial charge on any atom is -0.465 e. The zero-order valence-corrected chi connectivity index (χ0v) is 25.3. The molecule has 1 atom stereocenters. The van der Waals surface area contributed by atoms with Gasteiger partial charge >= 0.3 is 53.6 Å². The Labute approximate surface area is 255 Å². The van der Waals surface area contributed by atoms with Crippen molar-refractivity contribution in [2.45, 2.75) is 124 Å². The molecule has 0 bridgehead atoms. The minimum atomic E-state index is -8.65. The molecule has 0 radical (unpaired) electrons. The van der Waals surface area contributed by atoms with E-state index in [1.165, 1.54) is 6.92 Å². The second kappa shape index (κ2) is 16.4. The van der Waals surface area contributed by atoms with Crippen molar-refractivity contribution in [3.05, 3.63) is 0 Å². The third-order valence-corrected chi connectivity index (χ3v) is 8.99. The Kier molecular flexibility index (Phi) is 16.0. The summed E-state index contributed by atoms with van der Waals surface area (Å²) in [6.07, 6.45) is -3.42. The fourth-order valence-corrected chi connectivity index (χ4v) is 6.01. The molecule has 0 aliphatic heterocycles. The normalized spacial score (nSPS) is 15.4. The van der Waals surface area contributed by atoms with E-state index in [4.69, 9.17) is 0 Å². The van der Waals surface area contributed by atoms with Gasteiger partial charge in [-0.1, -0.05) is 51.9 Å². The molecule has 0 rings (SSSR count). The molecule has 270 valence electrons. The van der Waals surface area contributed by atoms with Crippen LogP contribution in [-0.2, 0) is 9.53 Å². The highest BCUT2D eigenvalue weighted by Crippen LogP contribution is 2.64. The molecule has 0 spiro atoms. The predicted molar refractivity (Wildman–Crippen MR) is 133 cm³/mol. The van der Waals surface area contributed by atoms with E-state index in [2.05, 4.69) is 4.74 Å². The quantitative estimate of drug-likeness (QED) is 0.0478. The van der Waals surface area contributed by atoms with Crippen LogP contribution in [-0.4, -0.2) is 76.3 Å². The van der Waals surface area contributed by atoms with Crippen molar-refractivity contribution in [2.75, 3.05) is 18.1 Å². The van der Waals surface area contributed by atoms with E-state index in [0.29, 0.717) is 12.8 Å². The van der Waals surface area contributed by atoms with Crippen LogP contribution >= 0.6 is 23.5 Å². The van der Waals surface area contributed by atoms with Crippen LogP contribution in [0.4, 0.5) is 74.6 Å². The molecule has 0 fully saturated rings. The number of esters is 1. The Morgan fingerprint density at radius 2 is 0.911 bits per heavy atom. The van der Waals surface area contributed by atoms with Crippen molar-refractivity contribution in [3.8, 4) is 0 Å². The van der Waals surface area contributed by atoms with Gasteiger partial charge in [0.2, 0.25) is 0 Å². The molecule has 0 aromatic heterocycles. The van der Waals surface area contributed by atoms with Crippen LogP contribution in [0.5, 0.6) is 0 Å². The lowest BCUT2D eigenvalue weighted by Crippen LogP contribution is -2.74. The Morgan fingerprint density at radius 3 is 1.33 bits per heavy atom. The maximum Gasteiger partial charge on any atom is 0.460 e. The first-order valence-corrected chi connectivity index (χ1v) is 15.4. The van der Waals surface area contributed by atoms with E-state index in [1.54, 1.807) is 0 Å². The molecular formula is C24H31F17O2S2. The summed E-state index contributed by atoms with van der Waals surface area (Å²) in [5, 5.41) is 0. The van der Waals surface area contributed by atoms with Crippen LogP contribution in [0.15, 0.2) is 0 Å². The SMILES string of the molecule is CCCCCCCCCCSC(SCCC(F)(F)C(F)(F)C(F)(F)C(F)(F)C(F)(F)C(F)(F)C(F)(F)C(F)(F)F)C(=O)OCC. The molecule has 1 unspecified atom stereocenters. The second-order valence-corrected chi connectivity index (χ2v) is 12.4. The molecule has 0 aliphatic rings. The van der Waals surface area contributed by atoms with Gasteiger partial charge in [0.1, 0.15) is 4.58 Å². The number of hydrogen-bond donors (Lipinski definition) is 0. The summed E-state index contributed by atoms with van der Waals surface area (Å²) in [6, 6.07) is 0. The first-order chi connectivity index (χ1) is 20.2. The lowest BCUT2D eigenvalue weighted by molar-refractivity contribution is -0.461. The molecule has 0 saturated carbocycles. The monoisotopic (exact) mass is 738 g/mol. The highest BCUT2D eigenvalue weighted by atomic mass is 32.2. The van der Waals surface area contributed by atoms with Gasteiger partial charge in [-0.15, -0.1) is 23.5 Å². The van der Waals surface area contributed by atoms with E-state index >= 15 is 0 Å². The van der Waals surface area contributed by atoms with Gasteiger partial charge in [-0.05, 0) is 19.1 Å². The van der Waals surface area contributed by atoms with Gasteiger partial charge in [0.05, 0.1) is 6.61 Å². The molecule has 0 aromatic rings. The number of hydrogen-bond acceptors (Lipinski definition) is 4. The number of alkyl halides is 17. The number of unbranched alkanes of at least 4 members (excludes halogenated alkanes) is 7. The Bertz CT molecular complexity index is 911. The third-order valence-electron chi connectivity index (χ3n) is 6.22. The lowest BCUT2D eigenvalue weighted by Gasteiger charge is -2.42. The van der Waals surface area contributed by atoms with Crippen molar-refractivity contribution < 1.29 is 84.2 Å². The van der Waals surface area contributed by atoms with E-state index in [-0.39, 0.29) is 24.1 Å². The van der Waals surface area contributed by atoms with Crippen molar-refractivity contribution in [3.63, 3.8) is 0 Å². The molecule has 0 aromatic carbocycles. The Hall–Kier alpha value is -1.02. The zero-order valence-electron chi connectivity index (χ0n) is 23.6. The van der Waals surface area contributed by atoms with Gasteiger partial charge in [-0.3, -0.25) is 0 Å². The maximum absolute atomic E-state index is 14.2. The largest absolute Gasteiger partial charge is 0.465 e. The van der Waals surface area contributed by atoms with Gasteiger partial charge in [0, 0.05) is 12.2 Å². The van der Waals surface area contributed by atoms with E-state index < -0.39 is 70.4 Å². The number of thioether (sulfide) groups is 2. The zero-order chi connectivity index (χ0) is 35.8. The summed E-state index contributed by atoms with van der Waals surface area (Å²) >= 11 is 0.837. The van der Waals surface area contributed by atoms with Crippen LogP contribution in [0, 0.1) is 0 Å². The smallest absolute Gasteiger partial charge is 0.460 e. The third kappa shape index (κ3) is 9.54. The average Bonchev–Trinajstić information content (AvgIpc) is 2.89. The van der Waals surface area contributed by atoms with Crippen molar-refractivity contribution >= 4 is 29.5 Å². The fourth-order valence-electron chi connectivity index (χ4n) is 3.47. The van der Waals surface area contributed by atoms with Crippen LogP contribution in [0.25, 0.3) is 0 Å². The summed E-state index contributed by atoms with van der Waals surface area (Å²) < 4.78 is 231. The van der Waals surface area contributed by atoms with Crippen LogP contribution < -0.4 is 0 Å². The number of carbonyl (C=O) groups is 1. The molecule has 0 amide bonds. The molecule has 2 nitrogen and oxygen atoms in total. The van der Waals surface area contributed by atoms with Gasteiger partial charge in [-0.25, -0.2) is 4.79 Å². The summed E-state index contributed by atoms with van der Waals surface area (Å²) in [5.74, 6) is -58.9.